The van der Waals surface area contributed by atoms with Gasteiger partial charge in [-0.3, -0.25) is 4.90 Å². The predicted octanol–water partition coefficient (Wildman–Crippen LogP) is 5.40. The summed E-state index contributed by atoms with van der Waals surface area (Å²) in [4.78, 5) is 24.7. The molecule has 1 aliphatic heterocycles. The number of benzene rings is 1. The molecule has 1 aromatic carbocycles. The van der Waals surface area contributed by atoms with Gasteiger partial charge in [0.2, 0.25) is 5.95 Å². The van der Waals surface area contributed by atoms with Gasteiger partial charge >= 0.3 is 0 Å². The maximum absolute atomic E-state index is 5.53. The van der Waals surface area contributed by atoms with Crippen molar-refractivity contribution in [2.45, 2.75) is 26.3 Å². The van der Waals surface area contributed by atoms with Crippen LogP contribution < -0.4 is 25.0 Å². The van der Waals surface area contributed by atoms with E-state index in [1.807, 2.05) is 42.6 Å². The van der Waals surface area contributed by atoms with Gasteiger partial charge in [-0.05, 0) is 43.7 Å². The largest absolute Gasteiger partial charge is 0.497 e. The summed E-state index contributed by atoms with van der Waals surface area (Å²) in [5.74, 6) is 2.84. The van der Waals surface area contributed by atoms with Crippen molar-refractivity contribution in [1.29, 1.82) is 0 Å². The standard InChI is InChI=1S/C31H40N8O3S/c1-6-21(2)34-31-37-28(22-17-24(41-4)19-25(18-22)42-5)29(43-31)26-9-10-32-30(36-26)35-23-7-8-27(33-20-23)39-13-11-38(12-14-39)15-16-40-3/h7-10,17-21H,6,11-16H2,1-5H3,(H,34,37)(H,32,35,36). The lowest BCUT2D eigenvalue weighted by Crippen LogP contribution is -2.47. The highest BCUT2D eigenvalue weighted by molar-refractivity contribution is 7.19. The van der Waals surface area contributed by atoms with E-state index in [1.165, 1.54) is 0 Å². The second kappa shape index (κ2) is 14.5. The number of hydrogen-bond donors (Lipinski definition) is 2. The number of thiazole rings is 1. The van der Waals surface area contributed by atoms with Gasteiger partial charge in [-0.25, -0.2) is 19.9 Å². The van der Waals surface area contributed by atoms with Gasteiger partial charge in [0.05, 0.1) is 49.0 Å². The molecule has 2 N–H and O–H groups in total. The van der Waals surface area contributed by atoms with Crippen molar-refractivity contribution in [3.63, 3.8) is 0 Å². The average Bonchev–Trinajstić information content (AvgIpc) is 3.48. The van der Waals surface area contributed by atoms with Crippen molar-refractivity contribution >= 4 is 33.9 Å². The summed E-state index contributed by atoms with van der Waals surface area (Å²) in [6.07, 6.45) is 4.57. The fraction of sp³-hybridized carbons (Fsp3) is 0.419. The number of aromatic nitrogens is 4. The summed E-state index contributed by atoms with van der Waals surface area (Å²) in [6, 6.07) is 12.0. The van der Waals surface area contributed by atoms with Crippen molar-refractivity contribution in [1.82, 2.24) is 24.8 Å². The Labute approximate surface area is 257 Å². The molecule has 1 saturated heterocycles. The maximum atomic E-state index is 5.53. The highest BCUT2D eigenvalue weighted by atomic mass is 32.1. The molecule has 1 unspecified atom stereocenters. The van der Waals surface area contributed by atoms with E-state index in [0.717, 1.165) is 84.2 Å². The Morgan fingerprint density at radius 2 is 1.72 bits per heavy atom. The highest BCUT2D eigenvalue weighted by Crippen LogP contribution is 2.41. The summed E-state index contributed by atoms with van der Waals surface area (Å²) in [6.45, 7) is 9.91. The number of methoxy groups -OCH3 is 3. The number of rotatable bonds is 13. The van der Waals surface area contributed by atoms with Crippen LogP contribution in [0.2, 0.25) is 0 Å². The molecule has 3 aromatic heterocycles. The zero-order chi connectivity index (χ0) is 30.2. The molecule has 0 bridgehead atoms. The molecule has 11 nitrogen and oxygen atoms in total. The highest BCUT2D eigenvalue weighted by Gasteiger charge is 2.20. The number of ether oxygens (including phenoxy) is 3. The van der Waals surface area contributed by atoms with Crippen LogP contribution in [0.3, 0.4) is 0 Å². The Morgan fingerprint density at radius 1 is 0.953 bits per heavy atom. The molecule has 12 heteroatoms. The van der Waals surface area contributed by atoms with Gasteiger partial charge in [-0.1, -0.05) is 18.3 Å². The lowest BCUT2D eigenvalue weighted by molar-refractivity contribution is 0.144. The van der Waals surface area contributed by atoms with Crippen LogP contribution in [0.15, 0.2) is 48.8 Å². The van der Waals surface area contributed by atoms with Crippen LogP contribution in [-0.2, 0) is 4.74 Å². The number of pyridine rings is 1. The summed E-state index contributed by atoms with van der Waals surface area (Å²) >= 11 is 1.56. The second-order valence-electron chi connectivity index (χ2n) is 10.4. The lowest BCUT2D eigenvalue weighted by atomic mass is 10.1. The van der Waals surface area contributed by atoms with Crippen LogP contribution in [0, 0.1) is 0 Å². The normalized spacial score (nSPS) is 14.4. The topological polar surface area (TPSA) is 110 Å². The van der Waals surface area contributed by atoms with Gasteiger partial charge in [0.1, 0.15) is 17.3 Å². The van der Waals surface area contributed by atoms with Gasteiger partial charge in [-0.15, -0.1) is 0 Å². The zero-order valence-electron chi connectivity index (χ0n) is 25.5. The molecular weight excluding hydrogens is 564 g/mol. The molecular formula is C31H40N8O3S. The van der Waals surface area contributed by atoms with Gasteiger partial charge in [0.15, 0.2) is 5.13 Å². The first-order valence-corrected chi connectivity index (χ1v) is 15.3. The summed E-state index contributed by atoms with van der Waals surface area (Å²) < 4.78 is 16.3. The fourth-order valence-electron chi connectivity index (χ4n) is 4.75. The van der Waals surface area contributed by atoms with Gasteiger partial charge in [0.25, 0.3) is 0 Å². The van der Waals surface area contributed by atoms with Crippen LogP contribution in [0.4, 0.5) is 22.6 Å². The quantitative estimate of drug-likeness (QED) is 0.205. The van der Waals surface area contributed by atoms with E-state index in [2.05, 4.69) is 39.3 Å². The molecule has 0 saturated carbocycles. The number of hydrogen-bond acceptors (Lipinski definition) is 12. The van der Waals surface area contributed by atoms with Crippen molar-refractivity contribution in [3.8, 4) is 33.3 Å². The molecule has 0 spiro atoms. The smallest absolute Gasteiger partial charge is 0.227 e. The van der Waals surface area contributed by atoms with Crippen LogP contribution in [0.1, 0.15) is 20.3 Å². The molecule has 0 amide bonds. The summed E-state index contributed by atoms with van der Waals surface area (Å²) in [7, 11) is 5.03. The maximum Gasteiger partial charge on any atom is 0.227 e. The van der Waals surface area contributed by atoms with E-state index in [4.69, 9.17) is 29.2 Å². The number of anilines is 4. The molecule has 0 aliphatic carbocycles. The Balaban J connectivity index is 1.36. The van der Waals surface area contributed by atoms with E-state index in [9.17, 15) is 0 Å². The summed E-state index contributed by atoms with van der Waals surface area (Å²) in [5, 5.41) is 7.66. The van der Waals surface area contributed by atoms with Crippen LogP contribution in [0.5, 0.6) is 11.5 Å². The minimum absolute atomic E-state index is 0.282. The predicted molar refractivity (Wildman–Crippen MR) is 173 cm³/mol. The van der Waals surface area contributed by atoms with E-state index >= 15 is 0 Å². The van der Waals surface area contributed by atoms with Crippen molar-refractivity contribution < 1.29 is 14.2 Å². The number of nitrogens with one attached hydrogen (secondary N) is 2. The third kappa shape index (κ3) is 7.70. The van der Waals surface area contributed by atoms with Gasteiger partial charge < -0.3 is 29.7 Å². The first-order chi connectivity index (χ1) is 21.0. The first-order valence-electron chi connectivity index (χ1n) is 14.5. The van der Waals surface area contributed by atoms with E-state index in [1.54, 1.807) is 38.9 Å². The van der Waals surface area contributed by atoms with Crippen LogP contribution in [0.25, 0.3) is 21.8 Å². The molecule has 5 rings (SSSR count). The molecule has 4 heterocycles. The molecule has 1 aliphatic rings. The minimum Gasteiger partial charge on any atom is -0.497 e. The van der Waals surface area contributed by atoms with Crippen molar-refractivity contribution in [2.24, 2.45) is 0 Å². The Kier molecular flexibility index (Phi) is 10.2. The Bertz CT molecular complexity index is 1450. The molecule has 228 valence electrons. The molecule has 0 radical (unpaired) electrons. The SMILES string of the molecule is CCC(C)Nc1nc(-c2cc(OC)cc(OC)c2)c(-c2ccnc(Nc3ccc(N4CCN(CCOC)CC4)nc3)n2)s1. The summed E-state index contributed by atoms with van der Waals surface area (Å²) in [5.41, 5.74) is 3.26. The van der Waals surface area contributed by atoms with E-state index < -0.39 is 0 Å². The molecule has 1 fully saturated rings. The molecule has 43 heavy (non-hydrogen) atoms. The third-order valence-corrected chi connectivity index (χ3v) is 8.44. The second-order valence-corrected chi connectivity index (χ2v) is 11.4. The average molecular weight is 605 g/mol. The first kappa shape index (κ1) is 30.5. The molecule has 1 atom stereocenters. The van der Waals surface area contributed by atoms with E-state index in [-0.39, 0.29) is 6.04 Å². The fourth-order valence-corrected chi connectivity index (χ4v) is 5.82. The van der Waals surface area contributed by atoms with Crippen LogP contribution in [-0.4, -0.2) is 91.5 Å². The number of piperazine rings is 1. The van der Waals surface area contributed by atoms with Gasteiger partial charge in [-0.2, -0.15) is 0 Å². The Morgan fingerprint density at radius 3 is 2.37 bits per heavy atom. The molecule has 4 aromatic rings. The van der Waals surface area contributed by atoms with Gasteiger partial charge in [0, 0.05) is 63.7 Å². The third-order valence-electron chi connectivity index (χ3n) is 7.43. The van der Waals surface area contributed by atoms with Crippen molar-refractivity contribution in [2.75, 3.05) is 76.2 Å². The Hall–Kier alpha value is -4.00. The lowest BCUT2D eigenvalue weighted by Gasteiger charge is -2.35. The zero-order valence-corrected chi connectivity index (χ0v) is 26.3. The number of nitrogens with zero attached hydrogens (tertiary/aromatic N) is 6. The van der Waals surface area contributed by atoms with Crippen molar-refractivity contribution in [3.05, 3.63) is 48.8 Å². The van der Waals surface area contributed by atoms with Crippen LogP contribution >= 0.6 is 11.3 Å². The van der Waals surface area contributed by atoms with E-state index in [0.29, 0.717) is 17.4 Å². The monoisotopic (exact) mass is 604 g/mol. The minimum atomic E-state index is 0.282.